The Balaban J connectivity index is 2.14. The topological polar surface area (TPSA) is 48.0 Å². The quantitative estimate of drug-likeness (QED) is 0.770. The summed E-state index contributed by atoms with van der Waals surface area (Å²) < 4.78 is 15.8. The van der Waals surface area contributed by atoms with Crippen LogP contribution in [0.5, 0.6) is 11.5 Å². The summed E-state index contributed by atoms with van der Waals surface area (Å²) >= 11 is 0. The molecule has 0 radical (unpaired) electrons. The molecule has 0 bridgehead atoms. The minimum atomic E-state index is -0.512. The first kappa shape index (κ1) is 12.5. The number of hydrogen-bond acceptors (Lipinski definition) is 4. The molecule has 5 nitrogen and oxygen atoms in total. The molecule has 0 spiro atoms. The summed E-state index contributed by atoms with van der Waals surface area (Å²) in [7, 11) is 1.66. The third kappa shape index (κ3) is 2.67. The van der Waals surface area contributed by atoms with Crippen LogP contribution in [-0.4, -0.2) is 25.5 Å². The van der Waals surface area contributed by atoms with Crippen molar-refractivity contribution in [3.8, 4) is 11.5 Å². The summed E-state index contributed by atoms with van der Waals surface area (Å²) in [4.78, 5) is 13.3. The fourth-order valence-electron chi connectivity index (χ4n) is 1.53. The lowest BCUT2D eigenvalue weighted by Crippen LogP contribution is -2.34. The van der Waals surface area contributed by atoms with Crippen molar-refractivity contribution in [3.63, 3.8) is 0 Å². The minimum absolute atomic E-state index is 0.217. The van der Waals surface area contributed by atoms with Crippen LogP contribution in [0.4, 0.5) is 10.5 Å². The predicted molar refractivity (Wildman–Crippen MR) is 67.2 cm³/mol. The van der Waals surface area contributed by atoms with E-state index >= 15 is 0 Å². The third-order valence-electron chi connectivity index (χ3n) is 2.41. The van der Waals surface area contributed by atoms with Gasteiger partial charge in [0.2, 0.25) is 6.79 Å². The van der Waals surface area contributed by atoms with Gasteiger partial charge in [-0.25, -0.2) is 4.79 Å². The number of carbonyl (C=O) groups is 1. The van der Waals surface area contributed by atoms with Gasteiger partial charge in [0.05, 0.1) is 5.69 Å². The average molecular weight is 251 g/mol. The Kier molecular flexibility index (Phi) is 3.07. The Morgan fingerprint density at radius 2 is 1.94 bits per heavy atom. The number of hydrogen-bond donors (Lipinski definition) is 0. The normalized spacial score (nSPS) is 13.3. The van der Waals surface area contributed by atoms with E-state index < -0.39 is 11.7 Å². The van der Waals surface area contributed by atoms with E-state index in [9.17, 15) is 4.79 Å². The molecule has 1 aliphatic rings. The zero-order chi connectivity index (χ0) is 13.3. The van der Waals surface area contributed by atoms with Gasteiger partial charge in [-0.1, -0.05) is 0 Å². The van der Waals surface area contributed by atoms with Crippen LogP contribution in [0, 0.1) is 0 Å². The van der Waals surface area contributed by atoms with Crippen LogP contribution in [0.1, 0.15) is 20.8 Å². The molecule has 1 heterocycles. The number of benzene rings is 1. The van der Waals surface area contributed by atoms with Crippen LogP contribution < -0.4 is 14.4 Å². The molecule has 0 saturated heterocycles. The summed E-state index contributed by atoms with van der Waals surface area (Å²) in [6, 6.07) is 5.32. The molecule has 1 amide bonds. The van der Waals surface area contributed by atoms with Gasteiger partial charge in [-0.05, 0) is 32.9 Å². The Labute approximate surface area is 106 Å². The monoisotopic (exact) mass is 251 g/mol. The highest BCUT2D eigenvalue weighted by molar-refractivity contribution is 5.87. The van der Waals surface area contributed by atoms with E-state index in [4.69, 9.17) is 14.2 Å². The van der Waals surface area contributed by atoms with E-state index in [1.807, 2.05) is 20.8 Å². The SMILES string of the molecule is CN(C(=O)OC(C)(C)C)c1ccc2c(c1)OCO2. The smallest absolute Gasteiger partial charge is 0.414 e. The summed E-state index contributed by atoms with van der Waals surface area (Å²) in [6.07, 6.45) is -0.402. The van der Waals surface area contributed by atoms with Crippen molar-refractivity contribution in [1.82, 2.24) is 0 Å². The van der Waals surface area contributed by atoms with E-state index in [0.717, 1.165) is 0 Å². The second-order valence-electron chi connectivity index (χ2n) is 5.08. The molecule has 1 aromatic rings. The number of rotatable bonds is 1. The second kappa shape index (κ2) is 4.40. The lowest BCUT2D eigenvalue weighted by atomic mass is 10.2. The third-order valence-corrected chi connectivity index (χ3v) is 2.41. The molecule has 0 atom stereocenters. The summed E-state index contributed by atoms with van der Waals surface area (Å²) in [6.45, 7) is 5.71. The fraction of sp³-hybridized carbons (Fsp3) is 0.462. The van der Waals surface area contributed by atoms with Gasteiger partial charge in [0.25, 0.3) is 0 Å². The first-order valence-electron chi connectivity index (χ1n) is 5.73. The van der Waals surface area contributed by atoms with Crippen LogP contribution >= 0.6 is 0 Å². The fourth-order valence-corrected chi connectivity index (χ4v) is 1.53. The maximum absolute atomic E-state index is 11.9. The van der Waals surface area contributed by atoms with E-state index in [1.54, 1.807) is 25.2 Å². The van der Waals surface area contributed by atoms with Gasteiger partial charge in [0, 0.05) is 13.1 Å². The van der Waals surface area contributed by atoms with E-state index in [-0.39, 0.29) is 6.79 Å². The molecule has 0 aliphatic carbocycles. The standard InChI is InChI=1S/C13H17NO4/c1-13(2,3)18-12(15)14(4)9-5-6-10-11(7-9)17-8-16-10/h5-7H,8H2,1-4H3. The van der Waals surface area contributed by atoms with Gasteiger partial charge < -0.3 is 14.2 Å². The van der Waals surface area contributed by atoms with Crippen molar-refractivity contribution in [2.24, 2.45) is 0 Å². The first-order chi connectivity index (χ1) is 8.37. The number of amides is 1. The van der Waals surface area contributed by atoms with Crippen molar-refractivity contribution in [2.75, 3.05) is 18.7 Å². The molecule has 1 aromatic carbocycles. The molecule has 5 heteroatoms. The molecule has 98 valence electrons. The Hall–Kier alpha value is -1.91. The number of carbonyl (C=O) groups excluding carboxylic acids is 1. The lowest BCUT2D eigenvalue weighted by molar-refractivity contribution is 0.0589. The van der Waals surface area contributed by atoms with Crippen LogP contribution in [0.2, 0.25) is 0 Å². The molecule has 0 unspecified atom stereocenters. The number of nitrogens with zero attached hydrogens (tertiary/aromatic N) is 1. The highest BCUT2D eigenvalue weighted by atomic mass is 16.7. The zero-order valence-corrected chi connectivity index (χ0v) is 11.0. The molecular weight excluding hydrogens is 234 g/mol. The maximum Gasteiger partial charge on any atom is 0.414 e. The van der Waals surface area contributed by atoms with Gasteiger partial charge in [-0.2, -0.15) is 0 Å². The molecule has 0 fully saturated rings. The van der Waals surface area contributed by atoms with Crippen LogP contribution in [0.3, 0.4) is 0 Å². The van der Waals surface area contributed by atoms with Crippen molar-refractivity contribution in [1.29, 1.82) is 0 Å². The predicted octanol–water partition coefficient (Wildman–Crippen LogP) is 2.79. The Morgan fingerprint density at radius 3 is 2.61 bits per heavy atom. The van der Waals surface area contributed by atoms with Crippen molar-refractivity contribution in [2.45, 2.75) is 26.4 Å². The Morgan fingerprint density at radius 1 is 1.28 bits per heavy atom. The highest BCUT2D eigenvalue weighted by Gasteiger charge is 2.22. The van der Waals surface area contributed by atoms with Gasteiger partial charge in [0.1, 0.15) is 5.60 Å². The maximum atomic E-state index is 11.9. The highest BCUT2D eigenvalue weighted by Crippen LogP contribution is 2.35. The van der Waals surface area contributed by atoms with E-state index in [1.165, 1.54) is 4.90 Å². The minimum Gasteiger partial charge on any atom is -0.454 e. The molecule has 18 heavy (non-hydrogen) atoms. The molecule has 1 aliphatic heterocycles. The number of fused-ring (bicyclic) bond motifs is 1. The summed E-state index contributed by atoms with van der Waals surface area (Å²) in [5.74, 6) is 1.33. The zero-order valence-electron chi connectivity index (χ0n) is 11.0. The van der Waals surface area contributed by atoms with Gasteiger partial charge in [0.15, 0.2) is 11.5 Å². The van der Waals surface area contributed by atoms with Gasteiger partial charge in [-0.3, -0.25) is 4.90 Å². The van der Waals surface area contributed by atoms with Crippen molar-refractivity contribution >= 4 is 11.8 Å². The van der Waals surface area contributed by atoms with Crippen LogP contribution in [0.25, 0.3) is 0 Å². The Bertz CT molecular complexity index is 465. The number of ether oxygens (including phenoxy) is 3. The first-order valence-corrected chi connectivity index (χ1v) is 5.73. The second-order valence-corrected chi connectivity index (χ2v) is 5.08. The van der Waals surface area contributed by atoms with Gasteiger partial charge >= 0.3 is 6.09 Å². The van der Waals surface area contributed by atoms with Crippen LogP contribution in [-0.2, 0) is 4.74 Å². The average Bonchev–Trinajstić information content (AvgIpc) is 2.72. The summed E-state index contributed by atoms with van der Waals surface area (Å²) in [5, 5.41) is 0. The van der Waals surface area contributed by atoms with E-state index in [0.29, 0.717) is 17.2 Å². The van der Waals surface area contributed by atoms with Crippen molar-refractivity contribution in [3.05, 3.63) is 18.2 Å². The molecule has 0 saturated carbocycles. The van der Waals surface area contributed by atoms with Crippen molar-refractivity contribution < 1.29 is 19.0 Å². The number of anilines is 1. The lowest BCUT2D eigenvalue weighted by Gasteiger charge is -2.24. The molecule has 0 aromatic heterocycles. The molecular formula is C13H17NO4. The van der Waals surface area contributed by atoms with Gasteiger partial charge in [-0.15, -0.1) is 0 Å². The largest absolute Gasteiger partial charge is 0.454 e. The van der Waals surface area contributed by atoms with E-state index in [2.05, 4.69) is 0 Å². The van der Waals surface area contributed by atoms with Crippen LogP contribution in [0.15, 0.2) is 18.2 Å². The molecule has 2 rings (SSSR count). The summed E-state index contributed by atoms with van der Waals surface area (Å²) in [5.41, 5.74) is 0.190. The molecule has 0 N–H and O–H groups in total.